The molecule has 0 saturated heterocycles. The van der Waals surface area contributed by atoms with Crippen LogP contribution in [0.1, 0.15) is 30.1 Å². The smallest absolute Gasteiger partial charge is 0.253 e. The van der Waals surface area contributed by atoms with Gasteiger partial charge in [0.1, 0.15) is 5.82 Å². The lowest BCUT2D eigenvalue weighted by atomic mass is 9.82. The highest BCUT2D eigenvalue weighted by Gasteiger charge is 2.27. The van der Waals surface area contributed by atoms with E-state index < -0.39 is 5.82 Å². The van der Waals surface area contributed by atoms with Crippen molar-refractivity contribution < 1.29 is 9.18 Å². The number of hydrogen-bond acceptors (Lipinski definition) is 2. The standard InChI is InChI=1S/C13H17FN2O/c1-8-6-9(7-8)16-13(17)10-4-3-5-11(14)12(10)15-2/h3-5,8-9,15H,6-7H2,1-2H3,(H,16,17). The van der Waals surface area contributed by atoms with Crippen molar-refractivity contribution in [2.75, 3.05) is 12.4 Å². The molecule has 0 spiro atoms. The van der Waals surface area contributed by atoms with Gasteiger partial charge in [-0.05, 0) is 30.9 Å². The molecule has 0 aromatic heterocycles. The first-order chi connectivity index (χ1) is 8.11. The van der Waals surface area contributed by atoms with E-state index in [1.165, 1.54) is 6.07 Å². The molecule has 1 amide bonds. The van der Waals surface area contributed by atoms with E-state index in [2.05, 4.69) is 17.6 Å². The average Bonchev–Trinajstić information content (AvgIpc) is 2.26. The van der Waals surface area contributed by atoms with Gasteiger partial charge in [0, 0.05) is 13.1 Å². The van der Waals surface area contributed by atoms with Crippen molar-refractivity contribution in [2.45, 2.75) is 25.8 Å². The van der Waals surface area contributed by atoms with Crippen LogP contribution in [0.5, 0.6) is 0 Å². The maximum atomic E-state index is 13.5. The predicted molar refractivity (Wildman–Crippen MR) is 65.6 cm³/mol. The van der Waals surface area contributed by atoms with Crippen molar-refractivity contribution in [1.29, 1.82) is 0 Å². The Bertz CT molecular complexity index is 427. The van der Waals surface area contributed by atoms with Crippen LogP contribution in [0.3, 0.4) is 0 Å². The van der Waals surface area contributed by atoms with Gasteiger partial charge in [0.05, 0.1) is 11.3 Å². The highest BCUT2D eigenvalue weighted by molar-refractivity contribution is 5.99. The van der Waals surface area contributed by atoms with Gasteiger partial charge in [0.15, 0.2) is 0 Å². The summed E-state index contributed by atoms with van der Waals surface area (Å²) >= 11 is 0. The van der Waals surface area contributed by atoms with Crippen LogP contribution >= 0.6 is 0 Å². The van der Waals surface area contributed by atoms with E-state index in [9.17, 15) is 9.18 Å². The fraction of sp³-hybridized carbons (Fsp3) is 0.462. The number of hydrogen-bond donors (Lipinski definition) is 2. The van der Waals surface area contributed by atoms with E-state index in [4.69, 9.17) is 0 Å². The highest BCUT2D eigenvalue weighted by atomic mass is 19.1. The second-order valence-corrected chi connectivity index (χ2v) is 4.66. The van der Waals surface area contributed by atoms with Crippen LogP contribution in [0.2, 0.25) is 0 Å². The number of rotatable bonds is 3. The second-order valence-electron chi connectivity index (χ2n) is 4.66. The highest BCUT2D eigenvalue weighted by Crippen LogP contribution is 2.27. The minimum atomic E-state index is -0.401. The van der Waals surface area contributed by atoms with Crippen molar-refractivity contribution in [3.05, 3.63) is 29.6 Å². The van der Waals surface area contributed by atoms with Crippen LogP contribution in [0.15, 0.2) is 18.2 Å². The second kappa shape index (κ2) is 4.73. The molecule has 1 aromatic carbocycles. The van der Waals surface area contributed by atoms with Gasteiger partial charge in [-0.25, -0.2) is 4.39 Å². The molecule has 0 radical (unpaired) electrons. The molecule has 1 aromatic rings. The molecule has 0 bridgehead atoms. The molecule has 0 aliphatic heterocycles. The first-order valence-electron chi connectivity index (χ1n) is 5.89. The van der Waals surface area contributed by atoms with Crippen LogP contribution in [0.25, 0.3) is 0 Å². The van der Waals surface area contributed by atoms with Gasteiger partial charge in [-0.3, -0.25) is 4.79 Å². The largest absolute Gasteiger partial charge is 0.385 e. The van der Waals surface area contributed by atoms with Crippen LogP contribution in [0.4, 0.5) is 10.1 Å². The summed E-state index contributed by atoms with van der Waals surface area (Å²) in [5.74, 6) is 0.0736. The zero-order valence-corrected chi connectivity index (χ0v) is 10.1. The number of carbonyl (C=O) groups is 1. The van der Waals surface area contributed by atoms with E-state index >= 15 is 0 Å². The first kappa shape index (κ1) is 11.9. The molecule has 4 heteroatoms. The van der Waals surface area contributed by atoms with Crippen LogP contribution < -0.4 is 10.6 Å². The number of amides is 1. The Kier molecular flexibility index (Phi) is 3.31. The molecule has 92 valence electrons. The number of para-hydroxylation sites is 1. The summed E-state index contributed by atoms with van der Waals surface area (Å²) in [4.78, 5) is 12.0. The maximum Gasteiger partial charge on any atom is 0.253 e. The molecular formula is C13H17FN2O. The Balaban J connectivity index is 2.11. The average molecular weight is 236 g/mol. The van der Waals surface area contributed by atoms with E-state index in [0.29, 0.717) is 11.5 Å². The molecule has 3 nitrogen and oxygen atoms in total. The fourth-order valence-corrected chi connectivity index (χ4v) is 2.25. The van der Waals surface area contributed by atoms with Crippen molar-refractivity contribution >= 4 is 11.6 Å². The minimum Gasteiger partial charge on any atom is -0.385 e. The van der Waals surface area contributed by atoms with Crippen molar-refractivity contribution in [3.63, 3.8) is 0 Å². The molecule has 2 rings (SSSR count). The van der Waals surface area contributed by atoms with Gasteiger partial charge in [0.2, 0.25) is 0 Å². The normalized spacial score (nSPS) is 22.8. The third-order valence-electron chi connectivity index (χ3n) is 3.22. The van der Waals surface area contributed by atoms with Gasteiger partial charge in [0.25, 0.3) is 5.91 Å². The number of carbonyl (C=O) groups excluding carboxylic acids is 1. The lowest BCUT2D eigenvalue weighted by Crippen LogP contribution is -2.43. The van der Waals surface area contributed by atoms with Gasteiger partial charge < -0.3 is 10.6 Å². The Hall–Kier alpha value is -1.58. The molecule has 1 saturated carbocycles. The SMILES string of the molecule is CNc1c(F)cccc1C(=O)NC1CC(C)C1. The number of nitrogens with one attached hydrogen (secondary N) is 2. The molecule has 1 aliphatic rings. The zero-order valence-electron chi connectivity index (χ0n) is 10.1. The summed E-state index contributed by atoms with van der Waals surface area (Å²) in [6.45, 7) is 2.16. The summed E-state index contributed by atoms with van der Waals surface area (Å²) in [6.07, 6.45) is 2.02. The van der Waals surface area contributed by atoms with E-state index in [1.54, 1.807) is 19.2 Å². The molecule has 17 heavy (non-hydrogen) atoms. The molecule has 0 unspecified atom stereocenters. The molecule has 0 heterocycles. The maximum absolute atomic E-state index is 13.5. The lowest BCUT2D eigenvalue weighted by Gasteiger charge is -2.33. The van der Waals surface area contributed by atoms with Crippen molar-refractivity contribution in [1.82, 2.24) is 5.32 Å². The Morgan fingerprint density at radius 2 is 2.12 bits per heavy atom. The summed E-state index contributed by atoms with van der Waals surface area (Å²) in [5, 5.41) is 5.65. The Labute approximate surface area is 100 Å². The van der Waals surface area contributed by atoms with E-state index in [-0.39, 0.29) is 17.6 Å². The monoisotopic (exact) mass is 236 g/mol. The van der Waals surface area contributed by atoms with E-state index in [1.807, 2.05) is 0 Å². The Morgan fingerprint density at radius 1 is 1.41 bits per heavy atom. The predicted octanol–water partition coefficient (Wildman–Crippen LogP) is 2.40. The molecule has 0 atom stereocenters. The summed E-state index contributed by atoms with van der Waals surface area (Å²) < 4.78 is 13.5. The van der Waals surface area contributed by atoms with Gasteiger partial charge in [-0.15, -0.1) is 0 Å². The third-order valence-corrected chi connectivity index (χ3v) is 3.22. The lowest BCUT2D eigenvalue weighted by molar-refractivity contribution is 0.0896. The van der Waals surface area contributed by atoms with Crippen molar-refractivity contribution in [3.8, 4) is 0 Å². The quantitative estimate of drug-likeness (QED) is 0.846. The number of halogens is 1. The molecule has 1 fully saturated rings. The van der Waals surface area contributed by atoms with Gasteiger partial charge in [-0.1, -0.05) is 13.0 Å². The van der Waals surface area contributed by atoms with Gasteiger partial charge in [-0.2, -0.15) is 0 Å². The Morgan fingerprint density at radius 3 is 2.71 bits per heavy atom. The molecule has 1 aliphatic carbocycles. The zero-order chi connectivity index (χ0) is 12.4. The third kappa shape index (κ3) is 2.40. The van der Waals surface area contributed by atoms with Crippen LogP contribution in [0, 0.1) is 11.7 Å². The van der Waals surface area contributed by atoms with Gasteiger partial charge >= 0.3 is 0 Å². The molecule has 2 N–H and O–H groups in total. The topological polar surface area (TPSA) is 41.1 Å². The number of anilines is 1. The van der Waals surface area contributed by atoms with Crippen LogP contribution in [-0.2, 0) is 0 Å². The summed E-state index contributed by atoms with van der Waals surface area (Å²) in [6, 6.07) is 4.76. The van der Waals surface area contributed by atoms with Crippen molar-refractivity contribution in [2.24, 2.45) is 5.92 Å². The fourth-order valence-electron chi connectivity index (χ4n) is 2.25. The summed E-state index contributed by atoms with van der Waals surface area (Å²) in [5.41, 5.74) is 0.629. The minimum absolute atomic E-state index is 0.203. The van der Waals surface area contributed by atoms with E-state index in [0.717, 1.165) is 12.8 Å². The van der Waals surface area contributed by atoms with Crippen LogP contribution in [-0.4, -0.2) is 19.0 Å². The number of benzene rings is 1. The summed E-state index contributed by atoms with van der Waals surface area (Å²) in [7, 11) is 1.61. The first-order valence-corrected chi connectivity index (χ1v) is 5.89. The molecular weight excluding hydrogens is 219 g/mol.